The SMILES string of the molecule is O=C(NC1(C(=O)O)CCSC1)C1CCN(c2nc3ccccc3o2)CC1. The number of thioether (sulfide) groups is 1. The summed E-state index contributed by atoms with van der Waals surface area (Å²) < 4.78 is 5.79. The lowest BCUT2D eigenvalue weighted by molar-refractivity contribution is -0.147. The van der Waals surface area contributed by atoms with E-state index in [2.05, 4.69) is 10.3 Å². The first-order chi connectivity index (χ1) is 12.6. The molecule has 0 bridgehead atoms. The van der Waals surface area contributed by atoms with Crippen molar-refractivity contribution in [1.82, 2.24) is 10.3 Å². The van der Waals surface area contributed by atoms with Gasteiger partial charge in [0.1, 0.15) is 11.1 Å². The van der Waals surface area contributed by atoms with Crippen LogP contribution in [0.25, 0.3) is 11.1 Å². The van der Waals surface area contributed by atoms with E-state index >= 15 is 0 Å². The molecule has 0 aliphatic carbocycles. The molecule has 26 heavy (non-hydrogen) atoms. The molecule has 1 aromatic carbocycles. The number of nitrogens with zero attached hydrogens (tertiary/aromatic N) is 2. The van der Waals surface area contributed by atoms with Gasteiger partial charge in [-0.3, -0.25) is 4.79 Å². The number of carbonyl (C=O) groups excluding carboxylic acids is 1. The van der Waals surface area contributed by atoms with Crippen LogP contribution >= 0.6 is 11.8 Å². The van der Waals surface area contributed by atoms with Crippen molar-refractivity contribution in [2.75, 3.05) is 29.5 Å². The Labute approximate surface area is 155 Å². The molecule has 2 fully saturated rings. The van der Waals surface area contributed by atoms with E-state index < -0.39 is 11.5 Å². The zero-order chi connectivity index (χ0) is 18.1. The average molecular weight is 375 g/mol. The van der Waals surface area contributed by atoms with Crippen molar-refractivity contribution >= 4 is 40.8 Å². The fraction of sp³-hybridized carbons (Fsp3) is 0.500. The Balaban J connectivity index is 1.38. The number of aromatic nitrogens is 1. The van der Waals surface area contributed by atoms with Crippen LogP contribution in [-0.2, 0) is 9.59 Å². The number of amides is 1. The molecule has 2 aliphatic rings. The van der Waals surface area contributed by atoms with Crippen molar-refractivity contribution in [1.29, 1.82) is 0 Å². The summed E-state index contributed by atoms with van der Waals surface area (Å²) in [6, 6.07) is 8.21. The average Bonchev–Trinajstić information content (AvgIpc) is 3.29. The minimum Gasteiger partial charge on any atom is -0.479 e. The van der Waals surface area contributed by atoms with Crippen molar-refractivity contribution < 1.29 is 19.1 Å². The quantitative estimate of drug-likeness (QED) is 0.845. The molecule has 2 saturated heterocycles. The van der Waals surface area contributed by atoms with Crippen molar-refractivity contribution in [3.05, 3.63) is 24.3 Å². The fourth-order valence-electron chi connectivity index (χ4n) is 3.55. The highest BCUT2D eigenvalue weighted by Crippen LogP contribution is 2.30. The lowest BCUT2D eigenvalue weighted by Gasteiger charge is -2.32. The molecule has 2 N–H and O–H groups in total. The third-order valence-corrected chi connectivity index (χ3v) is 6.40. The summed E-state index contributed by atoms with van der Waals surface area (Å²) in [5.74, 6) is -0.0391. The molecule has 1 aromatic heterocycles. The third kappa shape index (κ3) is 3.13. The number of hydrogen-bond donors (Lipinski definition) is 2. The maximum atomic E-state index is 12.6. The molecule has 1 atom stereocenters. The first-order valence-electron chi connectivity index (χ1n) is 8.81. The van der Waals surface area contributed by atoms with Gasteiger partial charge in [-0.2, -0.15) is 16.7 Å². The number of fused-ring (bicyclic) bond motifs is 1. The van der Waals surface area contributed by atoms with Gasteiger partial charge in [-0.25, -0.2) is 4.79 Å². The normalized spacial score (nSPS) is 24.1. The van der Waals surface area contributed by atoms with Gasteiger partial charge in [-0.1, -0.05) is 12.1 Å². The molecule has 2 aliphatic heterocycles. The zero-order valence-electron chi connectivity index (χ0n) is 14.3. The van der Waals surface area contributed by atoms with Crippen LogP contribution in [0.2, 0.25) is 0 Å². The van der Waals surface area contributed by atoms with Gasteiger partial charge in [-0.05, 0) is 37.1 Å². The lowest BCUT2D eigenvalue weighted by atomic mass is 9.93. The maximum absolute atomic E-state index is 12.6. The molecule has 7 nitrogen and oxygen atoms in total. The van der Waals surface area contributed by atoms with Crippen LogP contribution in [0, 0.1) is 5.92 Å². The molecular formula is C18H21N3O4S. The number of carboxylic acids is 1. The number of piperidine rings is 1. The van der Waals surface area contributed by atoms with E-state index in [0.717, 1.165) is 16.9 Å². The standard InChI is InChI=1S/C18H21N3O4S/c22-15(20-18(16(23)24)7-10-26-11-18)12-5-8-21(9-6-12)17-19-13-3-1-2-4-14(13)25-17/h1-4,12H,5-11H2,(H,20,22)(H,23,24). The lowest BCUT2D eigenvalue weighted by Crippen LogP contribution is -2.57. The van der Waals surface area contributed by atoms with Gasteiger partial charge in [0, 0.05) is 24.8 Å². The summed E-state index contributed by atoms with van der Waals surface area (Å²) in [5.41, 5.74) is 0.480. The Morgan fingerprint density at radius 2 is 2.08 bits per heavy atom. The van der Waals surface area contributed by atoms with Crippen molar-refractivity contribution in [2.45, 2.75) is 24.8 Å². The molecule has 8 heteroatoms. The number of benzene rings is 1. The summed E-state index contributed by atoms with van der Waals surface area (Å²) in [7, 11) is 0. The highest BCUT2D eigenvalue weighted by atomic mass is 32.2. The Bertz CT molecular complexity index is 790. The number of anilines is 1. The van der Waals surface area contributed by atoms with E-state index in [9.17, 15) is 14.7 Å². The molecule has 0 spiro atoms. The second-order valence-electron chi connectivity index (χ2n) is 6.90. The van der Waals surface area contributed by atoms with E-state index in [4.69, 9.17) is 4.42 Å². The van der Waals surface area contributed by atoms with Gasteiger partial charge in [0.05, 0.1) is 0 Å². The fourth-order valence-corrected chi connectivity index (χ4v) is 4.88. The van der Waals surface area contributed by atoms with Gasteiger partial charge in [0.15, 0.2) is 5.58 Å². The number of oxazole rings is 1. The van der Waals surface area contributed by atoms with Crippen molar-refractivity contribution in [3.63, 3.8) is 0 Å². The van der Waals surface area contributed by atoms with Crippen LogP contribution in [0.15, 0.2) is 28.7 Å². The molecule has 138 valence electrons. The first kappa shape index (κ1) is 17.2. The van der Waals surface area contributed by atoms with Crippen LogP contribution in [0.4, 0.5) is 6.01 Å². The predicted octanol–water partition coefficient (Wildman–Crippen LogP) is 2.12. The van der Waals surface area contributed by atoms with Crippen molar-refractivity contribution in [2.24, 2.45) is 5.92 Å². The van der Waals surface area contributed by atoms with E-state index in [1.807, 2.05) is 29.2 Å². The second-order valence-corrected chi connectivity index (χ2v) is 8.01. The minimum atomic E-state index is -1.10. The number of rotatable bonds is 4. The van der Waals surface area contributed by atoms with Crippen molar-refractivity contribution in [3.8, 4) is 0 Å². The monoisotopic (exact) mass is 375 g/mol. The van der Waals surface area contributed by atoms with E-state index in [0.29, 0.717) is 44.1 Å². The highest BCUT2D eigenvalue weighted by molar-refractivity contribution is 7.99. The number of aliphatic carboxylic acids is 1. The number of carboxylic acid groups (broad SMARTS) is 1. The summed E-state index contributed by atoms with van der Waals surface area (Å²) >= 11 is 1.57. The topological polar surface area (TPSA) is 95.7 Å². The number of hydrogen-bond acceptors (Lipinski definition) is 6. The molecule has 0 saturated carbocycles. The first-order valence-corrected chi connectivity index (χ1v) is 9.97. The minimum absolute atomic E-state index is 0.146. The molecule has 0 radical (unpaired) electrons. The van der Waals surface area contributed by atoms with Gasteiger partial charge in [0.2, 0.25) is 5.91 Å². The van der Waals surface area contributed by atoms with E-state index in [1.165, 1.54) is 0 Å². The van der Waals surface area contributed by atoms with Crippen LogP contribution in [0.5, 0.6) is 0 Å². The van der Waals surface area contributed by atoms with Gasteiger partial charge >= 0.3 is 5.97 Å². The van der Waals surface area contributed by atoms with Gasteiger partial charge < -0.3 is 19.7 Å². The van der Waals surface area contributed by atoms with Crippen LogP contribution in [0.3, 0.4) is 0 Å². The van der Waals surface area contributed by atoms with Gasteiger partial charge in [0.25, 0.3) is 6.01 Å². The van der Waals surface area contributed by atoms with Crippen LogP contribution in [-0.4, -0.2) is 52.1 Å². The van der Waals surface area contributed by atoms with Crippen LogP contribution < -0.4 is 10.2 Å². The Kier molecular flexibility index (Phi) is 4.52. The van der Waals surface area contributed by atoms with E-state index in [1.54, 1.807) is 11.8 Å². The summed E-state index contributed by atoms with van der Waals surface area (Å²) in [4.78, 5) is 30.8. The maximum Gasteiger partial charge on any atom is 0.330 e. The number of para-hydroxylation sites is 2. The molecular weight excluding hydrogens is 354 g/mol. The van der Waals surface area contributed by atoms with Gasteiger partial charge in [-0.15, -0.1) is 0 Å². The van der Waals surface area contributed by atoms with Crippen LogP contribution in [0.1, 0.15) is 19.3 Å². The number of nitrogens with one attached hydrogen (secondary N) is 1. The predicted molar refractivity (Wildman–Crippen MR) is 99.4 cm³/mol. The molecule has 1 unspecified atom stereocenters. The molecule has 3 heterocycles. The Hall–Kier alpha value is -2.22. The summed E-state index contributed by atoms with van der Waals surface area (Å²) in [6.07, 6.45) is 1.81. The summed E-state index contributed by atoms with van der Waals surface area (Å²) in [6.45, 7) is 1.33. The highest BCUT2D eigenvalue weighted by Gasteiger charge is 2.44. The summed E-state index contributed by atoms with van der Waals surface area (Å²) in [5, 5.41) is 12.3. The Morgan fingerprint density at radius 3 is 2.73 bits per heavy atom. The molecule has 2 aromatic rings. The largest absolute Gasteiger partial charge is 0.479 e. The second kappa shape index (κ2) is 6.83. The molecule has 4 rings (SSSR count). The Morgan fingerprint density at radius 1 is 1.31 bits per heavy atom. The third-order valence-electron chi connectivity index (χ3n) is 5.21. The zero-order valence-corrected chi connectivity index (χ0v) is 15.1. The number of carbonyl (C=O) groups is 2. The van der Waals surface area contributed by atoms with E-state index in [-0.39, 0.29) is 11.8 Å². The smallest absolute Gasteiger partial charge is 0.330 e. The molecule has 1 amide bonds.